The molecule has 6 rings (SSSR count). The molecule has 6 nitrogen and oxygen atoms in total. The van der Waals surface area contributed by atoms with Crippen molar-refractivity contribution in [2.45, 2.75) is 44.4 Å². The number of fused-ring (bicyclic) bond motifs is 1. The minimum atomic E-state index is -2.65. The molecule has 0 radical (unpaired) electrons. The number of rotatable bonds is 4. The highest BCUT2D eigenvalue weighted by Crippen LogP contribution is 2.54. The zero-order valence-corrected chi connectivity index (χ0v) is 21.5. The van der Waals surface area contributed by atoms with Crippen molar-refractivity contribution in [3.63, 3.8) is 0 Å². The quantitative estimate of drug-likeness (QED) is 0.361. The Hall–Kier alpha value is -2.43. The number of alkyl halides is 2. The van der Waals surface area contributed by atoms with E-state index in [4.69, 9.17) is 4.42 Å². The van der Waals surface area contributed by atoms with E-state index in [1.807, 2.05) is 17.0 Å². The number of piperidine rings is 2. The summed E-state index contributed by atoms with van der Waals surface area (Å²) in [5.74, 6) is -2.00. The van der Waals surface area contributed by atoms with Gasteiger partial charge >= 0.3 is 0 Å². The molecule has 1 aliphatic carbocycles. The fourth-order valence-electron chi connectivity index (χ4n) is 5.32. The molecule has 0 bridgehead atoms. The summed E-state index contributed by atoms with van der Waals surface area (Å²) in [5, 5.41) is 3.74. The number of nitrogens with one attached hydrogen (secondary N) is 1. The Labute approximate surface area is 216 Å². The Morgan fingerprint density at radius 3 is 2.40 bits per heavy atom. The topological polar surface area (TPSA) is 61.6 Å². The Morgan fingerprint density at radius 2 is 1.69 bits per heavy atom. The van der Waals surface area contributed by atoms with Crippen LogP contribution in [0.4, 0.5) is 26.1 Å². The van der Waals surface area contributed by atoms with Crippen LogP contribution in [0.2, 0.25) is 0 Å². The molecule has 1 saturated carbocycles. The van der Waals surface area contributed by atoms with E-state index < -0.39 is 5.92 Å². The molecule has 0 atom stereocenters. The summed E-state index contributed by atoms with van der Waals surface area (Å²) in [5.41, 5.74) is 2.67. The van der Waals surface area contributed by atoms with Gasteiger partial charge in [0.1, 0.15) is 5.82 Å². The van der Waals surface area contributed by atoms with Crippen LogP contribution < -0.4 is 15.1 Å². The molecule has 0 unspecified atom stereocenters. The van der Waals surface area contributed by atoms with E-state index in [9.17, 15) is 13.6 Å². The second-order valence-electron chi connectivity index (χ2n) is 10.1. The number of hydrogen-bond acceptors (Lipinski definition) is 5. The van der Waals surface area contributed by atoms with Gasteiger partial charge in [-0.15, -0.1) is 0 Å². The molecule has 3 aliphatic rings. The van der Waals surface area contributed by atoms with Gasteiger partial charge in [0.15, 0.2) is 11.4 Å². The van der Waals surface area contributed by atoms with Gasteiger partial charge in [-0.25, -0.2) is 13.8 Å². The summed E-state index contributed by atoms with van der Waals surface area (Å²) >= 11 is 2.28. The van der Waals surface area contributed by atoms with Gasteiger partial charge in [0, 0.05) is 48.0 Å². The average molecular weight is 592 g/mol. The molecule has 35 heavy (non-hydrogen) atoms. The van der Waals surface area contributed by atoms with Crippen molar-refractivity contribution in [1.82, 2.24) is 4.98 Å². The van der Waals surface area contributed by atoms with Gasteiger partial charge in [0.05, 0.1) is 17.5 Å². The van der Waals surface area contributed by atoms with Gasteiger partial charge in [-0.1, -0.05) is 0 Å². The fourth-order valence-corrected chi connectivity index (χ4v) is 5.80. The van der Waals surface area contributed by atoms with Gasteiger partial charge < -0.3 is 19.5 Å². The summed E-state index contributed by atoms with van der Waals surface area (Å²) in [6, 6.07) is 9.46. The molecule has 184 valence electrons. The summed E-state index contributed by atoms with van der Waals surface area (Å²) in [6.07, 6.45) is 6.12. The molecule has 1 spiro atoms. The maximum Gasteiger partial charge on any atom is 0.258 e. The highest BCUT2D eigenvalue weighted by molar-refractivity contribution is 14.1. The number of pyridine rings is 1. The van der Waals surface area contributed by atoms with Gasteiger partial charge in [0.2, 0.25) is 0 Å². The maximum absolute atomic E-state index is 13.7. The van der Waals surface area contributed by atoms with Gasteiger partial charge in [-0.05, 0) is 84.0 Å². The van der Waals surface area contributed by atoms with E-state index in [0.29, 0.717) is 28.2 Å². The number of carbonyl (C=O) groups excluding carboxylic acids is 1. The molecular weight excluding hydrogens is 565 g/mol. The Bertz CT molecular complexity index is 1270. The van der Waals surface area contributed by atoms with Crippen LogP contribution >= 0.6 is 22.6 Å². The van der Waals surface area contributed by atoms with Crippen molar-refractivity contribution in [1.29, 1.82) is 0 Å². The van der Waals surface area contributed by atoms with Gasteiger partial charge in [-0.3, -0.25) is 4.79 Å². The number of nitrogens with zero attached hydrogens (tertiary/aromatic N) is 3. The molecule has 1 N–H and O–H groups in total. The summed E-state index contributed by atoms with van der Waals surface area (Å²) < 4.78 is 34.1. The molecule has 2 aliphatic heterocycles. The monoisotopic (exact) mass is 592 g/mol. The fraction of sp³-hybridized carbons (Fsp3) is 0.462. The van der Waals surface area contributed by atoms with Gasteiger partial charge in [0.25, 0.3) is 11.8 Å². The SMILES string of the molecule is O=C(Nc1cc2ccoc2c(N2CCC(F)(F)CC2)n1)c1ccc(I)cc1N1CCC2(CC1)CC2. The smallest absolute Gasteiger partial charge is 0.258 e. The van der Waals surface area contributed by atoms with Crippen molar-refractivity contribution in [3.8, 4) is 0 Å². The van der Waals surface area contributed by atoms with Gasteiger partial charge in [-0.2, -0.15) is 0 Å². The van der Waals surface area contributed by atoms with E-state index in [-0.39, 0.29) is 31.8 Å². The molecule has 3 aromatic rings. The standard InChI is InChI=1S/C26H27F2IN4O2/c27-26(28)8-12-33(13-9-26)23-22-17(3-14-35-22)15-21(30-23)31-24(34)19-2-1-18(29)16-20(19)32-10-6-25(4-5-25)7-11-32/h1-3,14-16H,4-13H2,(H,30,31,34). The number of furan rings is 1. The summed E-state index contributed by atoms with van der Waals surface area (Å²) in [4.78, 5) is 22.2. The number of aromatic nitrogens is 1. The number of halogens is 3. The highest BCUT2D eigenvalue weighted by atomic mass is 127. The van der Waals surface area contributed by atoms with Crippen LogP contribution in [0, 0.1) is 8.99 Å². The van der Waals surface area contributed by atoms with Crippen LogP contribution in [-0.4, -0.2) is 43.0 Å². The molecular formula is C26H27F2IN4O2. The minimum Gasteiger partial charge on any atom is -0.460 e. The molecule has 1 amide bonds. The Kier molecular flexibility index (Phi) is 5.65. The second-order valence-corrected chi connectivity index (χ2v) is 11.4. The lowest BCUT2D eigenvalue weighted by Gasteiger charge is -2.35. The van der Waals surface area contributed by atoms with E-state index in [2.05, 4.69) is 43.9 Å². The van der Waals surface area contributed by atoms with Crippen molar-refractivity contribution in [2.75, 3.05) is 41.3 Å². The predicted octanol–water partition coefficient (Wildman–Crippen LogP) is 6.30. The number of benzene rings is 1. The van der Waals surface area contributed by atoms with Crippen LogP contribution in [0.25, 0.3) is 11.0 Å². The first-order chi connectivity index (χ1) is 16.8. The lowest BCUT2D eigenvalue weighted by atomic mass is 9.93. The van der Waals surface area contributed by atoms with Crippen LogP contribution in [-0.2, 0) is 0 Å². The maximum atomic E-state index is 13.7. The molecule has 4 heterocycles. The van der Waals surface area contributed by atoms with Crippen LogP contribution in [0.3, 0.4) is 0 Å². The summed E-state index contributed by atoms with van der Waals surface area (Å²) in [7, 11) is 0. The van der Waals surface area contributed by atoms with Crippen LogP contribution in [0.1, 0.15) is 48.9 Å². The Balaban J connectivity index is 1.27. The third kappa shape index (κ3) is 4.59. The third-order valence-electron chi connectivity index (χ3n) is 7.78. The molecule has 2 aromatic heterocycles. The minimum absolute atomic E-state index is 0.185. The lowest BCUT2D eigenvalue weighted by molar-refractivity contribution is -0.0221. The van der Waals surface area contributed by atoms with E-state index in [0.717, 1.165) is 27.7 Å². The number of anilines is 3. The van der Waals surface area contributed by atoms with Crippen LogP contribution in [0.15, 0.2) is 41.0 Å². The van der Waals surface area contributed by atoms with Crippen molar-refractivity contribution < 1.29 is 18.0 Å². The highest BCUT2D eigenvalue weighted by Gasteiger charge is 2.44. The third-order valence-corrected chi connectivity index (χ3v) is 8.45. The number of amides is 1. The molecule has 2 saturated heterocycles. The molecule has 3 fully saturated rings. The van der Waals surface area contributed by atoms with E-state index >= 15 is 0 Å². The largest absolute Gasteiger partial charge is 0.460 e. The van der Waals surface area contributed by atoms with E-state index in [1.54, 1.807) is 18.4 Å². The predicted molar refractivity (Wildman–Crippen MR) is 141 cm³/mol. The number of carbonyl (C=O) groups is 1. The average Bonchev–Trinajstić information content (AvgIpc) is 3.41. The lowest BCUT2D eigenvalue weighted by Crippen LogP contribution is -2.39. The van der Waals surface area contributed by atoms with Crippen molar-refractivity contribution in [3.05, 3.63) is 45.7 Å². The first kappa shape index (κ1) is 23.0. The second kappa shape index (κ2) is 8.60. The van der Waals surface area contributed by atoms with Crippen molar-refractivity contribution >= 4 is 56.8 Å². The first-order valence-electron chi connectivity index (χ1n) is 12.2. The molecule has 1 aromatic carbocycles. The zero-order valence-electron chi connectivity index (χ0n) is 19.3. The van der Waals surface area contributed by atoms with Crippen LogP contribution in [0.5, 0.6) is 0 Å². The Morgan fingerprint density at radius 1 is 0.971 bits per heavy atom. The van der Waals surface area contributed by atoms with E-state index in [1.165, 1.54) is 25.7 Å². The zero-order chi connectivity index (χ0) is 24.2. The normalized spacial score (nSPS) is 20.9. The number of hydrogen-bond donors (Lipinski definition) is 1. The van der Waals surface area contributed by atoms with Crippen molar-refractivity contribution in [2.24, 2.45) is 5.41 Å². The summed E-state index contributed by atoms with van der Waals surface area (Å²) in [6.45, 7) is 2.29. The first-order valence-corrected chi connectivity index (χ1v) is 13.3. The molecule has 9 heteroatoms.